The molecule has 32 heavy (non-hydrogen) atoms. The van der Waals surface area contributed by atoms with E-state index in [1.807, 2.05) is 32.0 Å². The van der Waals surface area contributed by atoms with Crippen molar-refractivity contribution >= 4 is 27.6 Å². The fraction of sp³-hybridized carbons (Fsp3) is 0.417. The molecule has 1 unspecified atom stereocenters. The van der Waals surface area contributed by atoms with E-state index in [0.29, 0.717) is 25.2 Å². The van der Waals surface area contributed by atoms with Crippen molar-refractivity contribution in [2.24, 2.45) is 0 Å². The Bertz CT molecular complexity index is 1040. The van der Waals surface area contributed by atoms with Crippen LogP contribution in [0.2, 0.25) is 0 Å². The minimum absolute atomic E-state index is 0.0865. The molecule has 0 aliphatic heterocycles. The smallest absolute Gasteiger partial charge is 0.306 e. The van der Waals surface area contributed by atoms with Gasteiger partial charge in [0.2, 0.25) is 10.0 Å². The molecule has 0 bridgehead atoms. The van der Waals surface area contributed by atoms with Crippen LogP contribution in [0.4, 0.5) is 5.69 Å². The number of anilines is 1. The second kappa shape index (κ2) is 11.2. The van der Waals surface area contributed by atoms with Gasteiger partial charge in [0, 0.05) is 25.2 Å². The van der Waals surface area contributed by atoms with Crippen LogP contribution in [0.5, 0.6) is 0 Å². The molecule has 2 aromatic rings. The quantitative estimate of drug-likeness (QED) is 0.544. The predicted octanol–water partition coefficient (Wildman–Crippen LogP) is 3.84. The van der Waals surface area contributed by atoms with Gasteiger partial charge in [0.05, 0.1) is 4.90 Å². The number of aryl methyl sites for hydroxylation is 3. The fourth-order valence-electron chi connectivity index (χ4n) is 3.20. The molecule has 0 aromatic heterocycles. The summed E-state index contributed by atoms with van der Waals surface area (Å²) in [5.74, 6) is -0.883. The van der Waals surface area contributed by atoms with Gasteiger partial charge in [-0.15, -0.1) is 0 Å². The highest BCUT2D eigenvalue weighted by Crippen LogP contribution is 2.18. The summed E-state index contributed by atoms with van der Waals surface area (Å²) in [5, 5.41) is 2.79. The largest absolute Gasteiger partial charge is 0.453 e. The summed E-state index contributed by atoms with van der Waals surface area (Å²) in [4.78, 5) is 24.8. The van der Waals surface area contributed by atoms with E-state index >= 15 is 0 Å². The van der Waals surface area contributed by atoms with Gasteiger partial charge in [-0.1, -0.05) is 38.1 Å². The van der Waals surface area contributed by atoms with E-state index in [-0.39, 0.29) is 11.3 Å². The van der Waals surface area contributed by atoms with E-state index in [4.69, 9.17) is 4.74 Å². The standard InChI is InChI=1S/C24H32N2O5S/c1-6-26(7-2)32(29,30)21-13-10-20(11-14-21)12-15-23(27)31-19(5)24(28)25-22-16-17(3)8-9-18(22)4/h8-11,13-14,16,19H,6-7,12,15H2,1-5H3,(H,25,28). The lowest BCUT2D eigenvalue weighted by molar-refractivity contribution is -0.153. The van der Waals surface area contributed by atoms with Crippen LogP contribution in [0.3, 0.4) is 0 Å². The lowest BCUT2D eigenvalue weighted by Gasteiger charge is -2.18. The van der Waals surface area contributed by atoms with Crippen molar-refractivity contribution in [3.05, 3.63) is 59.2 Å². The van der Waals surface area contributed by atoms with Gasteiger partial charge in [-0.25, -0.2) is 8.42 Å². The van der Waals surface area contributed by atoms with E-state index < -0.39 is 28.0 Å². The zero-order chi connectivity index (χ0) is 23.9. The number of carbonyl (C=O) groups is 2. The summed E-state index contributed by atoms with van der Waals surface area (Å²) in [5.41, 5.74) is 3.45. The molecule has 1 amide bonds. The number of carbonyl (C=O) groups excluding carboxylic acids is 2. The molecule has 7 nitrogen and oxygen atoms in total. The third kappa shape index (κ3) is 6.64. The van der Waals surface area contributed by atoms with Gasteiger partial charge in [0.15, 0.2) is 6.10 Å². The molecule has 174 valence electrons. The molecule has 0 fully saturated rings. The van der Waals surface area contributed by atoms with Crippen molar-refractivity contribution in [2.75, 3.05) is 18.4 Å². The molecule has 0 spiro atoms. The number of esters is 1. The Kier molecular flexibility index (Phi) is 8.98. The van der Waals surface area contributed by atoms with Gasteiger partial charge in [0.1, 0.15) is 0 Å². The van der Waals surface area contributed by atoms with E-state index in [2.05, 4.69) is 5.32 Å². The Labute approximate surface area is 190 Å². The van der Waals surface area contributed by atoms with Crippen LogP contribution in [0, 0.1) is 13.8 Å². The molecule has 0 aliphatic carbocycles. The van der Waals surface area contributed by atoms with Crippen molar-refractivity contribution < 1.29 is 22.7 Å². The van der Waals surface area contributed by atoms with Crippen LogP contribution < -0.4 is 5.32 Å². The second-order valence-electron chi connectivity index (χ2n) is 7.67. The number of hydrogen-bond acceptors (Lipinski definition) is 5. The highest BCUT2D eigenvalue weighted by atomic mass is 32.2. The third-order valence-electron chi connectivity index (χ3n) is 5.21. The van der Waals surface area contributed by atoms with Crippen LogP contribution in [0.25, 0.3) is 0 Å². The molecule has 0 heterocycles. The number of sulfonamides is 1. The first-order valence-corrected chi connectivity index (χ1v) is 12.2. The van der Waals surface area contributed by atoms with Gasteiger partial charge in [-0.3, -0.25) is 9.59 Å². The number of ether oxygens (including phenoxy) is 1. The summed E-state index contributed by atoms with van der Waals surface area (Å²) < 4.78 is 31.7. The highest BCUT2D eigenvalue weighted by Gasteiger charge is 2.22. The highest BCUT2D eigenvalue weighted by molar-refractivity contribution is 7.89. The van der Waals surface area contributed by atoms with Crippen LogP contribution in [0.1, 0.15) is 43.9 Å². The maximum absolute atomic E-state index is 12.5. The maximum atomic E-state index is 12.5. The molecule has 0 saturated carbocycles. The van der Waals surface area contributed by atoms with E-state index in [9.17, 15) is 18.0 Å². The molecule has 1 atom stereocenters. The van der Waals surface area contributed by atoms with Crippen molar-refractivity contribution in [2.45, 2.75) is 58.5 Å². The first-order valence-electron chi connectivity index (χ1n) is 10.7. The molecular formula is C24H32N2O5S. The van der Waals surface area contributed by atoms with Gasteiger partial charge >= 0.3 is 5.97 Å². The van der Waals surface area contributed by atoms with Crippen molar-refractivity contribution in [3.63, 3.8) is 0 Å². The van der Waals surface area contributed by atoms with E-state index in [0.717, 1.165) is 16.7 Å². The lowest BCUT2D eigenvalue weighted by Crippen LogP contribution is -2.30. The maximum Gasteiger partial charge on any atom is 0.306 e. The molecule has 0 saturated heterocycles. The number of rotatable bonds is 10. The number of nitrogens with zero attached hydrogens (tertiary/aromatic N) is 1. The monoisotopic (exact) mass is 460 g/mol. The van der Waals surface area contributed by atoms with Crippen LogP contribution >= 0.6 is 0 Å². The summed E-state index contributed by atoms with van der Waals surface area (Å²) in [7, 11) is -3.51. The van der Waals surface area contributed by atoms with Crippen molar-refractivity contribution in [3.8, 4) is 0 Å². The molecule has 0 aliphatic rings. The lowest BCUT2D eigenvalue weighted by atomic mass is 10.1. The second-order valence-corrected chi connectivity index (χ2v) is 9.61. The van der Waals surface area contributed by atoms with Gasteiger partial charge in [-0.2, -0.15) is 4.31 Å². The Morgan fingerprint density at radius 3 is 2.25 bits per heavy atom. The molecular weight excluding hydrogens is 428 g/mol. The zero-order valence-electron chi connectivity index (χ0n) is 19.3. The topological polar surface area (TPSA) is 92.8 Å². The molecule has 2 aromatic carbocycles. The fourth-order valence-corrected chi connectivity index (χ4v) is 4.66. The van der Waals surface area contributed by atoms with Gasteiger partial charge in [0.25, 0.3) is 5.91 Å². The normalized spacial score (nSPS) is 12.4. The predicted molar refractivity (Wildman–Crippen MR) is 125 cm³/mol. The van der Waals surface area contributed by atoms with Gasteiger partial charge < -0.3 is 10.1 Å². The average Bonchev–Trinajstić information content (AvgIpc) is 2.75. The molecule has 0 radical (unpaired) electrons. The minimum atomic E-state index is -3.51. The number of amides is 1. The SMILES string of the molecule is CCN(CC)S(=O)(=O)c1ccc(CCC(=O)OC(C)C(=O)Nc2cc(C)ccc2C)cc1. The van der Waals surface area contributed by atoms with Crippen LogP contribution in [0.15, 0.2) is 47.4 Å². The summed E-state index contributed by atoms with van der Waals surface area (Å²) in [6.45, 7) is 9.76. The first kappa shape index (κ1) is 25.5. The van der Waals surface area contributed by atoms with Crippen LogP contribution in [-0.2, 0) is 30.8 Å². The Morgan fingerprint density at radius 2 is 1.66 bits per heavy atom. The van der Waals surface area contributed by atoms with E-state index in [1.54, 1.807) is 38.1 Å². The van der Waals surface area contributed by atoms with Crippen molar-refractivity contribution in [1.82, 2.24) is 4.31 Å². The van der Waals surface area contributed by atoms with Crippen LogP contribution in [-0.4, -0.2) is 43.8 Å². The Balaban J connectivity index is 1.89. The Hall–Kier alpha value is -2.71. The molecule has 1 N–H and O–H groups in total. The minimum Gasteiger partial charge on any atom is -0.453 e. The van der Waals surface area contributed by atoms with Crippen molar-refractivity contribution in [1.29, 1.82) is 0 Å². The summed E-state index contributed by atoms with van der Waals surface area (Å²) >= 11 is 0. The molecule has 2 rings (SSSR count). The first-order chi connectivity index (χ1) is 15.1. The Morgan fingerprint density at radius 1 is 1.03 bits per heavy atom. The number of benzene rings is 2. The molecule has 8 heteroatoms. The summed E-state index contributed by atoms with van der Waals surface area (Å²) in [6, 6.07) is 12.2. The summed E-state index contributed by atoms with van der Waals surface area (Å²) in [6.07, 6.45) is -0.456. The number of nitrogens with one attached hydrogen (secondary N) is 1. The van der Waals surface area contributed by atoms with E-state index in [1.165, 1.54) is 11.2 Å². The number of hydrogen-bond donors (Lipinski definition) is 1. The average molecular weight is 461 g/mol. The zero-order valence-corrected chi connectivity index (χ0v) is 20.2. The van der Waals surface area contributed by atoms with Gasteiger partial charge in [-0.05, 0) is 62.1 Å². The third-order valence-corrected chi connectivity index (χ3v) is 7.28.